The Kier molecular flexibility index (Phi) is 5.69. The van der Waals surface area contributed by atoms with Crippen LogP contribution >= 0.6 is 0 Å². The number of nitrogens with one attached hydrogen (secondary N) is 2. The van der Waals surface area contributed by atoms with Gasteiger partial charge < -0.3 is 15.4 Å². The molecule has 5 rings (SSSR count). The molecule has 2 saturated heterocycles. The van der Waals surface area contributed by atoms with Crippen molar-refractivity contribution in [3.8, 4) is 11.5 Å². The third kappa shape index (κ3) is 5.11. The number of ether oxygens (including phenoxy) is 1. The first-order valence-electron chi connectivity index (χ1n) is 10.6. The Hall–Kier alpha value is -3.55. The molecule has 3 aromatic rings. The maximum absolute atomic E-state index is 13.2. The van der Waals surface area contributed by atoms with Crippen molar-refractivity contribution >= 4 is 17.6 Å². The zero-order valence-corrected chi connectivity index (χ0v) is 17.7. The summed E-state index contributed by atoms with van der Waals surface area (Å²) in [5, 5.41) is 5.77. The first-order valence-corrected chi connectivity index (χ1v) is 10.6. The quantitative estimate of drug-likeness (QED) is 0.484. The van der Waals surface area contributed by atoms with Crippen molar-refractivity contribution in [1.29, 1.82) is 0 Å². The summed E-state index contributed by atoms with van der Waals surface area (Å²) in [4.78, 5) is 19.4. The second kappa shape index (κ2) is 8.59. The lowest BCUT2D eigenvalue weighted by molar-refractivity contribution is -0.141. The number of nitrogens with zero attached hydrogens (tertiary/aromatic N) is 5. The molecule has 2 aliphatic rings. The van der Waals surface area contributed by atoms with E-state index in [4.69, 9.17) is 4.74 Å². The average molecular weight is 497 g/mol. The Morgan fingerprint density at radius 3 is 2.31 bits per heavy atom. The van der Waals surface area contributed by atoms with Gasteiger partial charge in [-0.25, -0.2) is 4.98 Å². The minimum absolute atomic E-state index is 0.0179. The fraction of sp³-hybridized carbons (Fsp3) is 0.381. The Morgan fingerprint density at radius 1 is 0.857 bits per heavy atom. The van der Waals surface area contributed by atoms with Crippen LogP contribution in [0.1, 0.15) is 30.7 Å². The van der Waals surface area contributed by atoms with Crippen LogP contribution < -0.4 is 10.6 Å². The van der Waals surface area contributed by atoms with Gasteiger partial charge in [0, 0.05) is 11.9 Å². The molecule has 3 unspecified atom stereocenters. The van der Waals surface area contributed by atoms with E-state index in [1.165, 1.54) is 12.1 Å². The predicted molar refractivity (Wildman–Crippen MR) is 111 cm³/mol. The summed E-state index contributed by atoms with van der Waals surface area (Å²) in [6.07, 6.45) is -5.84. The van der Waals surface area contributed by atoms with Crippen LogP contribution in [0.3, 0.4) is 0 Å². The number of halogens is 6. The molecule has 3 atom stereocenters. The number of fused-ring (bicyclic) bond motifs is 2. The molecular weight excluding hydrogens is 480 g/mol. The monoisotopic (exact) mass is 497 g/mol. The van der Waals surface area contributed by atoms with E-state index in [9.17, 15) is 26.3 Å². The average Bonchev–Trinajstić information content (AvgIpc) is 3.41. The lowest BCUT2D eigenvalue weighted by atomic mass is 9.96. The molecule has 3 aromatic heterocycles. The molecule has 0 spiro atoms. The van der Waals surface area contributed by atoms with Crippen LogP contribution in [-0.2, 0) is 17.1 Å². The topological polar surface area (TPSA) is 97.7 Å². The van der Waals surface area contributed by atoms with Crippen LogP contribution in [-0.4, -0.2) is 43.2 Å². The molecule has 0 amide bonds. The Bertz CT molecular complexity index is 1240. The van der Waals surface area contributed by atoms with Gasteiger partial charge in [0.25, 0.3) is 0 Å². The van der Waals surface area contributed by atoms with E-state index in [2.05, 4.69) is 35.6 Å². The Balaban J connectivity index is 1.50. The standard InChI is InChI=1S/C21H17F6N7O/c22-20(23,24)15-3-1-2-12(30-15)17-32-18(29-10-6-7-28-16(8-10)21(25,26)27)34-19(33-17)31-13-9-11-4-5-14(13)35-11/h1-3,6-8,11,13-14H,4-5,9H2,(H2,28,29,31,32,33,34). The maximum Gasteiger partial charge on any atom is 0.433 e. The Labute approximate surface area is 194 Å². The lowest BCUT2D eigenvalue weighted by Gasteiger charge is -2.20. The van der Waals surface area contributed by atoms with Gasteiger partial charge in [-0.2, -0.15) is 41.3 Å². The number of hydrogen-bond donors (Lipinski definition) is 2. The molecule has 2 aliphatic heterocycles. The third-order valence-corrected chi connectivity index (χ3v) is 5.63. The van der Waals surface area contributed by atoms with Crippen LogP contribution in [0.15, 0.2) is 36.5 Å². The predicted octanol–water partition coefficient (Wildman–Crippen LogP) is 4.84. The second-order valence-corrected chi connectivity index (χ2v) is 8.12. The van der Waals surface area contributed by atoms with Crippen LogP contribution in [0.2, 0.25) is 0 Å². The summed E-state index contributed by atoms with van der Waals surface area (Å²) in [6.45, 7) is 0. The van der Waals surface area contributed by atoms with E-state index in [-0.39, 0.29) is 47.4 Å². The normalized spacial score (nSPS) is 21.8. The zero-order chi connectivity index (χ0) is 24.8. The number of anilines is 3. The molecule has 184 valence electrons. The summed E-state index contributed by atoms with van der Waals surface area (Å²) in [5.41, 5.74) is -2.46. The smallest absolute Gasteiger partial charge is 0.373 e. The van der Waals surface area contributed by atoms with E-state index in [1.54, 1.807) is 0 Å². The van der Waals surface area contributed by atoms with Crippen molar-refractivity contribution < 1.29 is 31.1 Å². The molecule has 2 fully saturated rings. The fourth-order valence-corrected chi connectivity index (χ4v) is 4.08. The number of rotatable bonds is 5. The van der Waals surface area contributed by atoms with Gasteiger partial charge in [-0.3, -0.25) is 4.98 Å². The van der Waals surface area contributed by atoms with Gasteiger partial charge in [-0.1, -0.05) is 6.07 Å². The summed E-state index contributed by atoms with van der Waals surface area (Å²) >= 11 is 0. The second-order valence-electron chi connectivity index (χ2n) is 8.12. The van der Waals surface area contributed by atoms with E-state index in [0.29, 0.717) is 6.42 Å². The summed E-state index contributed by atoms with van der Waals surface area (Å²) in [5.74, 6) is -0.339. The van der Waals surface area contributed by atoms with Crippen molar-refractivity contribution in [3.63, 3.8) is 0 Å². The lowest BCUT2D eigenvalue weighted by Crippen LogP contribution is -2.31. The molecule has 0 aliphatic carbocycles. The van der Waals surface area contributed by atoms with Gasteiger partial charge in [0.05, 0.1) is 18.2 Å². The van der Waals surface area contributed by atoms with Crippen molar-refractivity contribution in [2.75, 3.05) is 10.6 Å². The minimum Gasteiger partial charge on any atom is -0.373 e. The highest BCUT2D eigenvalue weighted by Crippen LogP contribution is 2.36. The zero-order valence-electron chi connectivity index (χ0n) is 17.7. The largest absolute Gasteiger partial charge is 0.433 e. The van der Waals surface area contributed by atoms with Gasteiger partial charge in [-0.15, -0.1) is 0 Å². The SMILES string of the molecule is FC(F)(F)c1cc(Nc2nc(NC3CC4CCC3O4)nc(-c3cccc(C(F)(F)F)n3)n2)ccn1. The number of pyridine rings is 2. The van der Waals surface area contributed by atoms with Crippen LogP contribution in [0, 0.1) is 0 Å². The molecule has 0 radical (unpaired) electrons. The highest BCUT2D eigenvalue weighted by atomic mass is 19.4. The van der Waals surface area contributed by atoms with Gasteiger partial charge >= 0.3 is 12.4 Å². The summed E-state index contributed by atoms with van der Waals surface area (Å²) in [7, 11) is 0. The van der Waals surface area contributed by atoms with Crippen LogP contribution in [0.5, 0.6) is 0 Å². The fourth-order valence-electron chi connectivity index (χ4n) is 4.08. The van der Waals surface area contributed by atoms with Gasteiger partial charge in [0.15, 0.2) is 5.82 Å². The summed E-state index contributed by atoms with van der Waals surface area (Å²) in [6, 6.07) is 5.19. The molecule has 8 nitrogen and oxygen atoms in total. The summed E-state index contributed by atoms with van der Waals surface area (Å²) < 4.78 is 84.4. The van der Waals surface area contributed by atoms with Crippen molar-refractivity contribution in [1.82, 2.24) is 24.9 Å². The minimum atomic E-state index is -4.68. The molecular formula is C21H17F6N7O. The van der Waals surface area contributed by atoms with E-state index in [0.717, 1.165) is 37.2 Å². The molecule has 2 N–H and O–H groups in total. The van der Waals surface area contributed by atoms with E-state index in [1.807, 2.05) is 0 Å². The van der Waals surface area contributed by atoms with Crippen molar-refractivity contribution in [3.05, 3.63) is 47.9 Å². The Morgan fingerprint density at radius 2 is 1.63 bits per heavy atom. The molecule has 2 bridgehead atoms. The van der Waals surface area contributed by atoms with Gasteiger partial charge in [0.1, 0.15) is 17.1 Å². The van der Waals surface area contributed by atoms with Crippen molar-refractivity contribution in [2.45, 2.75) is 49.9 Å². The number of alkyl halides is 6. The highest BCUT2D eigenvalue weighted by Gasteiger charge is 2.41. The highest BCUT2D eigenvalue weighted by molar-refractivity contribution is 5.59. The molecule has 0 aromatic carbocycles. The van der Waals surface area contributed by atoms with E-state index >= 15 is 0 Å². The molecule has 14 heteroatoms. The maximum atomic E-state index is 13.2. The first kappa shape index (κ1) is 23.2. The van der Waals surface area contributed by atoms with E-state index < -0.39 is 23.7 Å². The molecule has 0 saturated carbocycles. The van der Waals surface area contributed by atoms with Crippen LogP contribution in [0.25, 0.3) is 11.5 Å². The first-order chi connectivity index (χ1) is 16.5. The van der Waals surface area contributed by atoms with Gasteiger partial charge in [-0.05, 0) is 43.5 Å². The van der Waals surface area contributed by atoms with Crippen LogP contribution in [0.4, 0.5) is 43.9 Å². The molecule has 5 heterocycles. The number of aromatic nitrogens is 5. The van der Waals surface area contributed by atoms with Crippen molar-refractivity contribution in [2.24, 2.45) is 0 Å². The van der Waals surface area contributed by atoms with Gasteiger partial charge in [0.2, 0.25) is 11.9 Å². The number of hydrogen-bond acceptors (Lipinski definition) is 8. The third-order valence-electron chi connectivity index (χ3n) is 5.63. The molecule has 35 heavy (non-hydrogen) atoms.